The maximum Gasteiger partial charge on any atom is 0.267 e. The molecule has 3 heterocycles. The van der Waals surface area contributed by atoms with Crippen molar-refractivity contribution in [2.75, 3.05) is 7.05 Å². The first-order valence-electron chi connectivity index (χ1n) is 15.0. The van der Waals surface area contributed by atoms with Gasteiger partial charge in [-0.05, 0) is 56.5 Å². The van der Waals surface area contributed by atoms with E-state index in [4.69, 9.17) is 14.8 Å². The molecule has 0 radical (unpaired) electrons. The third-order valence-electron chi connectivity index (χ3n) is 7.94. The van der Waals surface area contributed by atoms with Crippen LogP contribution in [0.3, 0.4) is 0 Å². The molecular formula is C37H37N5O2. The zero-order chi connectivity index (χ0) is 30.8. The predicted molar refractivity (Wildman–Crippen MR) is 175 cm³/mol. The summed E-state index contributed by atoms with van der Waals surface area (Å²) >= 11 is 0. The van der Waals surface area contributed by atoms with Crippen LogP contribution in [0.15, 0.2) is 116 Å². The van der Waals surface area contributed by atoms with Crippen molar-refractivity contribution >= 4 is 16.8 Å². The number of ether oxygens (including phenoxy) is 1. The minimum absolute atomic E-state index is 0.0611. The summed E-state index contributed by atoms with van der Waals surface area (Å²) in [4.78, 5) is 17.7. The Morgan fingerprint density at radius 1 is 0.818 bits per heavy atom. The molecule has 0 aliphatic heterocycles. The van der Waals surface area contributed by atoms with Crippen LogP contribution < -0.4 is 10.1 Å². The lowest BCUT2D eigenvalue weighted by molar-refractivity contribution is 0.0952. The topological polar surface area (TPSA) is 74.0 Å². The second-order valence-electron chi connectivity index (χ2n) is 11.4. The van der Waals surface area contributed by atoms with Crippen molar-refractivity contribution in [3.05, 3.63) is 138 Å². The molecule has 0 bridgehead atoms. The van der Waals surface area contributed by atoms with Gasteiger partial charge in [-0.25, -0.2) is 9.67 Å². The van der Waals surface area contributed by atoms with E-state index in [0.29, 0.717) is 17.3 Å². The predicted octanol–water partition coefficient (Wildman–Crippen LogP) is 7.47. The van der Waals surface area contributed by atoms with Crippen LogP contribution in [0.5, 0.6) is 5.88 Å². The van der Waals surface area contributed by atoms with E-state index in [1.807, 2.05) is 54.9 Å². The van der Waals surface area contributed by atoms with Gasteiger partial charge in [0.15, 0.2) is 0 Å². The van der Waals surface area contributed by atoms with Crippen LogP contribution >= 0.6 is 0 Å². The van der Waals surface area contributed by atoms with E-state index in [-0.39, 0.29) is 18.1 Å². The van der Waals surface area contributed by atoms with Gasteiger partial charge >= 0.3 is 0 Å². The van der Waals surface area contributed by atoms with E-state index < -0.39 is 5.54 Å². The number of nitrogens with zero attached hydrogens (tertiary/aromatic N) is 4. The van der Waals surface area contributed by atoms with Gasteiger partial charge in [0, 0.05) is 31.0 Å². The molecule has 44 heavy (non-hydrogen) atoms. The highest BCUT2D eigenvalue weighted by Gasteiger charge is 2.41. The molecule has 6 aromatic rings. The van der Waals surface area contributed by atoms with Crippen LogP contribution in [0, 0.1) is 0 Å². The summed E-state index contributed by atoms with van der Waals surface area (Å²) in [6.07, 6.45) is 3.68. The van der Waals surface area contributed by atoms with Crippen LogP contribution in [0.25, 0.3) is 22.2 Å². The standard InChI is InChI=1S/C37H37N5O2/c1-25(2)41-24-27(23-32(41)35(43)38-5)34-33-31(21-22-39-36(33)44-26(3)4)42(40-34)37(28-15-9-6-10-16-28,29-17-11-7-12-18-29)30-19-13-8-14-20-30/h6-26H,1-5H3,(H,38,43). The number of hydrogen-bond acceptors (Lipinski definition) is 4. The normalized spacial score (nSPS) is 11.8. The van der Waals surface area contributed by atoms with Crippen molar-refractivity contribution in [1.29, 1.82) is 0 Å². The highest BCUT2D eigenvalue weighted by Crippen LogP contribution is 2.45. The molecule has 0 unspecified atom stereocenters. The van der Waals surface area contributed by atoms with Crippen molar-refractivity contribution in [3.8, 4) is 17.1 Å². The molecular weight excluding hydrogens is 546 g/mol. The first-order valence-corrected chi connectivity index (χ1v) is 15.0. The van der Waals surface area contributed by atoms with Gasteiger partial charge < -0.3 is 14.6 Å². The minimum Gasteiger partial charge on any atom is -0.474 e. The molecule has 0 atom stereocenters. The Balaban J connectivity index is 1.78. The first kappa shape index (κ1) is 28.9. The number of rotatable bonds is 9. The number of carbonyl (C=O) groups is 1. The summed E-state index contributed by atoms with van der Waals surface area (Å²) in [5.41, 5.74) is 5.26. The van der Waals surface area contributed by atoms with Gasteiger partial charge in [-0.1, -0.05) is 91.0 Å². The second kappa shape index (κ2) is 11.8. The summed E-state index contributed by atoms with van der Waals surface area (Å²) in [5, 5.41) is 9.06. The van der Waals surface area contributed by atoms with Crippen molar-refractivity contribution in [2.24, 2.45) is 0 Å². The Morgan fingerprint density at radius 3 is 1.84 bits per heavy atom. The van der Waals surface area contributed by atoms with Crippen molar-refractivity contribution in [3.63, 3.8) is 0 Å². The zero-order valence-corrected chi connectivity index (χ0v) is 25.7. The first-order chi connectivity index (χ1) is 21.4. The largest absolute Gasteiger partial charge is 0.474 e. The molecule has 0 aliphatic rings. The summed E-state index contributed by atoms with van der Waals surface area (Å²) in [7, 11) is 1.65. The summed E-state index contributed by atoms with van der Waals surface area (Å²) in [6, 6.07) is 35.4. The SMILES string of the molecule is CNC(=O)c1cc(-c2nn(C(c3ccccc3)(c3ccccc3)c3ccccc3)c3ccnc(OC(C)C)c23)cn1C(C)C. The van der Waals surface area contributed by atoms with Gasteiger partial charge in [0.05, 0.1) is 17.0 Å². The van der Waals surface area contributed by atoms with Crippen LogP contribution in [-0.4, -0.2) is 38.4 Å². The van der Waals surface area contributed by atoms with Crippen LogP contribution in [-0.2, 0) is 5.54 Å². The zero-order valence-electron chi connectivity index (χ0n) is 25.7. The third-order valence-corrected chi connectivity index (χ3v) is 7.94. The fourth-order valence-electron chi connectivity index (χ4n) is 6.06. The van der Waals surface area contributed by atoms with Gasteiger partial charge in [-0.3, -0.25) is 4.79 Å². The summed E-state index contributed by atoms with van der Waals surface area (Å²) in [6.45, 7) is 8.11. The average Bonchev–Trinajstić information content (AvgIpc) is 3.66. The van der Waals surface area contributed by atoms with Gasteiger partial charge in [0.25, 0.3) is 5.91 Å². The van der Waals surface area contributed by atoms with Crippen molar-refractivity contribution in [2.45, 2.75) is 45.4 Å². The lowest BCUT2D eigenvalue weighted by atomic mass is 9.77. The number of nitrogens with one attached hydrogen (secondary N) is 1. The molecule has 0 aliphatic carbocycles. The van der Waals surface area contributed by atoms with E-state index in [0.717, 1.165) is 33.2 Å². The van der Waals surface area contributed by atoms with Crippen LogP contribution in [0.2, 0.25) is 0 Å². The highest BCUT2D eigenvalue weighted by atomic mass is 16.5. The maximum atomic E-state index is 13.0. The molecule has 222 valence electrons. The molecule has 0 saturated heterocycles. The van der Waals surface area contributed by atoms with Crippen LogP contribution in [0.1, 0.15) is 60.9 Å². The number of pyridine rings is 1. The fraction of sp³-hybridized carbons (Fsp3) is 0.216. The smallest absolute Gasteiger partial charge is 0.267 e. The number of amides is 1. The van der Waals surface area contributed by atoms with E-state index in [9.17, 15) is 4.79 Å². The Kier molecular flexibility index (Phi) is 7.78. The van der Waals surface area contributed by atoms with Crippen LogP contribution in [0.4, 0.5) is 0 Å². The highest BCUT2D eigenvalue weighted by molar-refractivity contribution is 6.00. The molecule has 6 rings (SSSR count). The van der Waals surface area contributed by atoms with E-state index in [2.05, 4.69) is 96.6 Å². The lowest BCUT2D eigenvalue weighted by Gasteiger charge is -2.37. The number of benzene rings is 3. The van der Waals surface area contributed by atoms with Crippen molar-refractivity contribution in [1.82, 2.24) is 24.6 Å². The van der Waals surface area contributed by atoms with E-state index in [1.165, 1.54) is 0 Å². The van der Waals surface area contributed by atoms with Crippen molar-refractivity contribution < 1.29 is 9.53 Å². The molecule has 0 saturated carbocycles. The third kappa shape index (κ3) is 4.84. The van der Waals surface area contributed by atoms with Gasteiger partial charge in [-0.2, -0.15) is 5.10 Å². The quantitative estimate of drug-likeness (QED) is 0.179. The Bertz CT molecular complexity index is 1790. The molecule has 0 fully saturated rings. The van der Waals surface area contributed by atoms with Gasteiger partial charge in [0.1, 0.15) is 16.9 Å². The molecule has 0 spiro atoms. The number of aromatic nitrogens is 4. The summed E-state index contributed by atoms with van der Waals surface area (Å²) in [5.74, 6) is 0.346. The minimum atomic E-state index is -0.846. The molecule has 3 aromatic carbocycles. The fourth-order valence-corrected chi connectivity index (χ4v) is 6.06. The maximum absolute atomic E-state index is 13.0. The second-order valence-corrected chi connectivity index (χ2v) is 11.4. The average molecular weight is 584 g/mol. The van der Waals surface area contributed by atoms with E-state index in [1.54, 1.807) is 13.2 Å². The number of carbonyl (C=O) groups excluding carboxylic acids is 1. The molecule has 7 heteroatoms. The molecule has 3 aromatic heterocycles. The molecule has 1 N–H and O–H groups in total. The van der Waals surface area contributed by atoms with E-state index >= 15 is 0 Å². The van der Waals surface area contributed by atoms with Gasteiger partial charge in [0.2, 0.25) is 5.88 Å². The Labute approximate surface area is 258 Å². The summed E-state index contributed by atoms with van der Waals surface area (Å²) < 4.78 is 10.4. The molecule has 7 nitrogen and oxygen atoms in total. The monoisotopic (exact) mass is 583 g/mol. The lowest BCUT2D eigenvalue weighted by Crippen LogP contribution is -2.38. The number of fused-ring (bicyclic) bond motifs is 1. The van der Waals surface area contributed by atoms with Gasteiger partial charge in [-0.15, -0.1) is 0 Å². The Morgan fingerprint density at radius 2 is 1.36 bits per heavy atom. The Hall–Kier alpha value is -5.17. The molecule has 1 amide bonds. The number of hydrogen-bond donors (Lipinski definition) is 1.